The summed E-state index contributed by atoms with van der Waals surface area (Å²) in [5.41, 5.74) is 0. The minimum absolute atomic E-state index is 0.0731. The van der Waals surface area contributed by atoms with Gasteiger partial charge in [-0.3, -0.25) is 0 Å². The summed E-state index contributed by atoms with van der Waals surface area (Å²) >= 11 is 0. The van der Waals surface area contributed by atoms with Gasteiger partial charge in [-0.15, -0.1) is 0 Å². The summed E-state index contributed by atoms with van der Waals surface area (Å²) in [6.45, 7) is 1.66. The van der Waals surface area contributed by atoms with Gasteiger partial charge in [-0.05, 0) is 20.4 Å². The number of aliphatic hydroxyl groups excluding tert-OH is 1. The zero-order valence-electron chi connectivity index (χ0n) is 6.55. The summed E-state index contributed by atoms with van der Waals surface area (Å²) in [7, 11) is 1.78. The van der Waals surface area contributed by atoms with Gasteiger partial charge in [0.05, 0.1) is 6.61 Å². The Morgan fingerprint density at radius 2 is 2.30 bits per heavy atom. The Labute approximate surface area is 61.4 Å². The van der Waals surface area contributed by atoms with Crippen LogP contribution < -0.4 is 5.32 Å². The molecule has 1 atom stereocenters. The normalized spacial score (nSPS) is 13.1. The largest absolute Gasteiger partial charge is 0.395 e. The molecule has 0 saturated heterocycles. The van der Waals surface area contributed by atoms with Crippen molar-refractivity contribution in [3.8, 4) is 0 Å². The van der Waals surface area contributed by atoms with Crippen LogP contribution >= 0.6 is 0 Å². The number of hydrogen-bond acceptors (Lipinski definition) is 3. The number of Topliss-reactive ketones (excluding diaryl/α,β-unsaturated/α-hetero) is 1. The van der Waals surface area contributed by atoms with E-state index < -0.39 is 0 Å². The summed E-state index contributed by atoms with van der Waals surface area (Å²) in [5.74, 6) is 0.175. The molecular weight excluding hydrogens is 130 g/mol. The molecule has 0 aliphatic heterocycles. The van der Waals surface area contributed by atoms with Crippen LogP contribution in [0.2, 0.25) is 0 Å². The van der Waals surface area contributed by atoms with Crippen LogP contribution in [0.15, 0.2) is 0 Å². The van der Waals surface area contributed by atoms with Crippen molar-refractivity contribution >= 4 is 5.78 Å². The molecule has 0 aliphatic rings. The van der Waals surface area contributed by atoms with Crippen molar-refractivity contribution < 1.29 is 9.90 Å². The maximum absolute atomic E-state index is 10.5. The standard InChI is InChI=1S/C7H15NO2/c1-6(10)3-4-7(5-9)8-2/h7-9H,3-5H2,1-2H3. The fourth-order valence-corrected chi connectivity index (χ4v) is 0.704. The molecule has 0 aromatic carbocycles. The quantitative estimate of drug-likeness (QED) is 0.569. The highest BCUT2D eigenvalue weighted by Crippen LogP contribution is 1.95. The molecule has 0 fully saturated rings. The van der Waals surface area contributed by atoms with E-state index in [1.807, 2.05) is 0 Å². The second-order valence-electron chi connectivity index (χ2n) is 2.41. The van der Waals surface area contributed by atoms with Crippen molar-refractivity contribution in [2.75, 3.05) is 13.7 Å². The van der Waals surface area contributed by atoms with E-state index in [0.717, 1.165) is 6.42 Å². The van der Waals surface area contributed by atoms with Crippen molar-refractivity contribution in [3.05, 3.63) is 0 Å². The maximum atomic E-state index is 10.5. The van der Waals surface area contributed by atoms with E-state index in [9.17, 15) is 4.79 Å². The van der Waals surface area contributed by atoms with Crippen LogP contribution in [0.4, 0.5) is 0 Å². The minimum Gasteiger partial charge on any atom is -0.395 e. The smallest absolute Gasteiger partial charge is 0.129 e. The van der Waals surface area contributed by atoms with Crippen molar-refractivity contribution in [2.24, 2.45) is 0 Å². The summed E-state index contributed by atoms with van der Waals surface area (Å²) in [6, 6.07) is 0.0731. The first-order valence-electron chi connectivity index (χ1n) is 3.48. The number of carbonyl (C=O) groups is 1. The third-order valence-electron chi connectivity index (χ3n) is 1.47. The van der Waals surface area contributed by atoms with E-state index in [4.69, 9.17) is 5.11 Å². The van der Waals surface area contributed by atoms with Gasteiger partial charge in [0.25, 0.3) is 0 Å². The van der Waals surface area contributed by atoms with Crippen LogP contribution in [0, 0.1) is 0 Å². The highest BCUT2D eigenvalue weighted by Gasteiger charge is 2.04. The molecule has 0 spiro atoms. The third-order valence-corrected chi connectivity index (χ3v) is 1.47. The maximum Gasteiger partial charge on any atom is 0.129 e. The van der Waals surface area contributed by atoms with Crippen molar-refractivity contribution in [3.63, 3.8) is 0 Å². The Balaban J connectivity index is 3.34. The Morgan fingerprint density at radius 1 is 1.70 bits per heavy atom. The Bertz CT molecular complexity index is 99.8. The summed E-state index contributed by atoms with van der Waals surface area (Å²) < 4.78 is 0. The molecule has 0 aromatic heterocycles. The molecule has 0 rings (SSSR count). The number of rotatable bonds is 5. The van der Waals surface area contributed by atoms with Crippen LogP contribution in [0.5, 0.6) is 0 Å². The molecule has 2 N–H and O–H groups in total. The molecule has 60 valence electrons. The van der Waals surface area contributed by atoms with Crippen molar-refractivity contribution in [1.82, 2.24) is 5.32 Å². The van der Waals surface area contributed by atoms with E-state index in [2.05, 4.69) is 5.32 Å². The van der Waals surface area contributed by atoms with Crippen LogP contribution in [0.25, 0.3) is 0 Å². The summed E-state index contributed by atoms with van der Waals surface area (Å²) in [6.07, 6.45) is 1.27. The first-order valence-corrected chi connectivity index (χ1v) is 3.48. The molecule has 0 aliphatic carbocycles. The second-order valence-corrected chi connectivity index (χ2v) is 2.41. The lowest BCUT2D eigenvalue weighted by Crippen LogP contribution is -2.29. The topological polar surface area (TPSA) is 49.3 Å². The second kappa shape index (κ2) is 5.38. The molecule has 0 heterocycles. The van der Waals surface area contributed by atoms with E-state index >= 15 is 0 Å². The SMILES string of the molecule is CNC(CO)CCC(C)=O. The van der Waals surface area contributed by atoms with E-state index in [1.165, 1.54) is 0 Å². The van der Waals surface area contributed by atoms with Gasteiger partial charge in [-0.2, -0.15) is 0 Å². The number of ketones is 1. The third kappa shape index (κ3) is 4.47. The van der Waals surface area contributed by atoms with Gasteiger partial charge in [-0.1, -0.05) is 0 Å². The fourth-order valence-electron chi connectivity index (χ4n) is 0.704. The van der Waals surface area contributed by atoms with E-state index in [0.29, 0.717) is 6.42 Å². The summed E-state index contributed by atoms with van der Waals surface area (Å²) in [4.78, 5) is 10.5. The Hall–Kier alpha value is -0.410. The average molecular weight is 145 g/mol. The van der Waals surface area contributed by atoms with Gasteiger partial charge in [-0.25, -0.2) is 0 Å². The first-order chi connectivity index (χ1) is 4.70. The molecular formula is C7H15NO2. The predicted octanol–water partition coefficient (Wildman–Crippen LogP) is -0.0641. The van der Waals surface area contributed by atoms with Crippen LogP contribution in [0.3, 0.4) is 0 Å². The molecule has 3 heteroatoms. The first kappa shape index (κ1) is 9.59. The number of nitrogens with one attached hydrogen (secondary N) is 1. The highest BCUT2D eigenvalue weighted by molar-refractivity contribution is 5.75. The van der Waals surface area contributed by atoms with Crippen LogP contribution in [0.1, 0.15) is 19.8 Å². The average Bonchev–Trinajstić information content (AvgIpc) is 1.90. The van der Waals surface area contributed by atoms with Gasteiger partial charge in [0.2, 0.25) is 0 Å². The lowest BCUT2D eigenvalue weighted by atomic mass is 10.1. The van der Waals surface area contributed by atoms with E-state index in [-0.39, 0.29) is 18.4 Å². The number of hydrogen-bond donors (Lipinski definition) is 2. The van der Waals surface area contributed by atoms with Gasteiger partial charge < -0.3 is 15.2 Å². The summed E-state index contributed by atoms with van der Waals surface area (Å²) in [5, 5.41) is 11.6. The van der Waals surface area contributed by atoms with Crippen molar-refractivity contribution in [1.29, 1.82) is 0 Å². The number of aliphatic hydroxyl groups is 1. The zero-order valence-corrected chi connectivity index (χ0v) is 6.55. The Morgan fingerprint density at radius 3 is 2.60 bits per heavy atom. The fraction of sp³-hybridized carbons (Fsp3) is 0.857. The molecule has 0 radical (unpaired) electrons. The van der Waals surface area contributed by atoms with Crippen LogP contribution in [-0.2, 0) is 4.79 Å². The molecule has 10 heavy (non-hydrogen) atoms. The van der Waals surface area contributed by atoms with Gasteiger partial charge in [0.1, 0.15) is 5.78 Å². The molecule has 3 nitrogen and oxygen atoms in total. The monoisotopic (exact) mass is 145 g/mol. The van der Waals surface area contributed by atoms with Crippen LogP contribution in [-0.4, -0.2) is 30.6 Å². The number of likely N-dealkylation sites (N-methyl/N-ethyl adjacent to an activating group) is 1. The number of carbonyl (C=O) groups excluding carboxylic acids is 1. The van der Waals surface area contributed by atoms with E-state index in [1.54, 1.807) is 14.0 Å². The van der Waals surface area contributed by atoms with Gasteiger partial charge in [0.15, 0.2) is 0 Å². The molecule has 0 bridgehead atoms. The highest BCUT2D eigenvalue weighted by atomic mass is 16.3. The molecule has 0 aromatic rings. The van der Waals surface area contributed by atoms with Gasteiger partial charge in [0, 0.05) is 12.5 Å². The van der Waals surface area contributed by atoms with Crippen molar-refractivity contribution in [2.45, 2.75) is 25.8 Å². The lowest BCUT2D eigenvalue weighted by Gasteiger charge is -2.10. The van der Waals surface area contributed by atoms with Gasteiger partial charge >= 0.3 is 0 Å². The minimum atomic E-state index is 0.0731. The molecule has 1 unspecified atom stereocenters. The zero-order chi connectivity index (χ0) is 7.98. The lowest BCUT2D eigenvalue weighted by molar-refractivity contribution is -0.117. The Kier molecular flexibility index (Phi) is 5.16. The molecule has 0 amide bonds. The predicted molar refractivity (Wildman–Crippen MR) is 39.8 cm³/mol. The molecule has 0 saturated carbocycles.